The molecule has 0 spiro atoms. The molecule has 2 heterocycles. The molecule has 1 amide bonds. The minimum atomic E-state index is -0.187. The lowest BCUT2D eigenvalue weighted by molar-refractivity contribution is 0.0954. The fourth-order valence-corrected chi connectivity index (χ4v) is 3.52. The zero-order valence-corrected chi connectivity index (χ0v) is 16.3. The molecule has 1 aliphatic heterocycles. The van der Waals surface area contributed by atoms with E-state index in [2.05, 4.69) is 15.3 Å². The average molecular weight is 388 g/mol. The minimum absolute atomic E-state index is 0.126. The first kappa shape index (κ1) is 18.9. The van der Waals surface area contributed by atoms with Crippen LogP contribution in [0, 0.1) is 0 Å². The van der Waals surface area contributed by atoms with Crippen molar-refractivity contribution in [2.24, 2.45) is 0 Å². The quantitative estimate of drug-likeness (QED) is 0.705. The topological polar surface area (TPSA) is 67.2 Å². The summed E-state index contributed by atoms with van der Waals surface area (Å²) in [5.74, 6) is 0.684. The molecular weight excluding hydrogens is 364 g/mol. The molecule has 6 nitrogen and oxygen atoms in total. The van der Waals surface area contributed by atoms with Gasteiger partial charge in [0.2, 0.25) is 0 Å². The fourth-order valence-electron chi connectivity index (χ4n) is 3.52. The molecule has 6 heteroatoms. The van der Waals surface area contributed by atoms with E-state index in [1.54, 1.807) is 36.4 Å². The van der Waals surface area contributed by atoms with Crippen LogP contribution in [0.2, 0.25) is 0 Å². The third-order valence-corrected chi connectivity index (χ3v) is 5.13. The molecule has 0 atom stereocenters. The van der Waals surface area contributed by atoms with Crippen molar-refractivity contribution in [2.75, 3.05) is 24.5 Å². The van der Waals surface area contributed by atoms with Gasteiger partial charge in [0.1, 0.15) is 5.82 Å². The fraction of sp³-hybridized carbons (Fsp3) is 0.261. The number of nitrogens with zero attached hydrogens (tertiary/aromatic N) is 3. The van der Waals surface area contributed by atoms with E-state index in [1.165, 1.54) is 10.2 Å². The van der Waals surface area contributed by atoms with Crippen molar-refractivity contribution in [2.45, 2.75) is 19.3 Å². The van der Waals surface area contributed by atoms with E-state index in [-0.39, 0.29) is 11.5 Å². The minimum Gasteiger partial charge on any atom is -0.355 e. The molecule has 0 unspecified atom stereocenters. The zero-order chi connectivity index (χ0) is 20.1. The number of hydrogen-bond donors (Lipinski definition) is 1. The molecule has 1 aromatic heterocycles. The maximum Gasteiger partial charge on any atom is 0.271 e. The first-order chi connectivity index (χ1) is 14.2. The molecule has 2 aromatic carbocycles. The van der Waals surface area contributed by atoms with Gasteiger partial charge >= 0.3 is 0 Å². The van der Waals surface area contributed by atoms with Gasteiger partial charge in [0.05, 0.1) is 5.69 Å². The molecule has 0 saturated carbocycles. The molecule has 29 heavy (non-hydrogen) atoms. The summed E-state index contributed by atoms with van der Waals surface area (Å²) in [6, 6.07) is 20.3. The second-order valence-corrected chi connectivity index (χ2v) is 7.17. The molecule has 0 bridgehead atoms. The number of aromatic nitrogens is 2. The number of rotatable bonds is 6. The van der Waals surface area contributed by atoms with E-state index in [1.807, 2.05) is 30.3 Å². The number of carbonyl (C=O) groups excluding carboxylic acids is 1. The highest BCUT2D eigenvalue weighted by molar-refractivity contribution is 5.94. The van der Waals surface area contributed by atoms with Crippen LogP contribution in [0.25, 0.3) is 5.69 Å². The Morgan fingerprint density at radius 2 is 1.66 bits per heavy atom. The van der Waals surface area contributed by atoms with Gasteiger partial charge in [-0.05, 0) is 55.2 Å². The monoisotopic (exact) mass is 388 g/mol. The van der Waals surface area contributed by atoms with Crippen molar-refractivity contribution in [3.63, 3.8) is 0 Å². The smallest absolute Gasteiger partial charge is 0.271 e. The van der Waals surface area contributed by atoms with Gasteiger partial charge < -0.3 is 10.2 Å². The average Bonchev–Trinajstić information content (AvgIpc) is 3.30. The van der Waals surface area contributed by atoms with Gasteiger partial charge in [-0.2, -0.15) is 4.68 Å². The Bertz CT molecular complexity index is 1020. The van der Waals surface area contributed by atoms with Gasteiger partial charge in [-0.1, -0.05) is 30.3 Å². The molecule has 0 radical (unpaired) electrons. The second-order valence-electron chi connectivity index (χ2n) is 7.17. The van der Waals surface area contributed by atoms with Gasteiger partial charge in [-0.15, -0.1) is 5.10 Å². The van der Waals surface area contributed by atoms with Crippen LogP contribution in [-0.4, -0.2) is 35.3 Å². The first-order valence-electron chi connectivity index (χ1n) is 9.98. The van der Waals surface area contributed by atoms with Crippen molar-refractivity contribution in [3.05, 3.63) is 88.2 Å². The number of anilines is 1. The first-order valence-corrected chi connectivity index (χ1v) is 9.98. The summed E-state index contributed by atoms with van der Waals surface area (Å²) in [4.78, 5) is 26.8. The van der Waals surface area contributed by atoms with Crippen LogP contribution in [0.15, 0.2) is 71.5 Å². The van der Waals surface area contributed by atoms with E-state index >= 15 is 0 Å². The Labute approximate surface area is 169 Å². The Hall–Kier alpha value is -3.41. The molecule has 1 fully saturated rings. The van der Waals surface area contributed by atoms with Gasteiger partial charge in [-0.3, -0.25) is 9.59 Å². The van der Waals surface area contributed by atoms with Crippen LogP contribution in [0.5, 0.6) is 0 Å². The standard InChI is InChI=1S/C23H24N4O2/c28-22-13-12-21(26-16-4-5-17-26)25-27(22)20-10-8-19(9-11-20)23(29)24-15-14-18-6-2-1-3-7-18/h1-3,6-13H,4-5,14-17H2,(H,24,29). The summed E-state index contributed by atoms with van der Waals surface area (Å²) >= 11 is 0. The van der Waals surface area contributed by atoms with E-state index in [9.17, 15) is 9.59 Å². The zero-order valence-electron chi connectivity index (χ0n) is 16.3. The third-order valence-electron chi connectivity index (χ3n) is 5.13. The summed E-state index contributed by atoms with van der Waals surface area (Å²) in [5.41, 5.74) is 2.21. The highest BCUT2D eigenvalue weighted by Crippen LogP contribution is 2.17. The van der Waals surface area contributed by atoms with Crippen LogP contribution in [0.1, 0.15) is 28.8 Å². The summed E-state index contributed by atoms with van der Waals surface area (Å²) in [5, 5.41) is 7.45. The van der Waals surface area contributed by atoms with Crippen molar-refractivity contribution < 1.29 is 4.79 Å². The molecule has 3 aromatic rings. The molecule has 1 saturated heterocycles. The lowest BCUT2D eigenvalue weighted by Crippen LogP contribution is -2.27. The summed E-state index contributed by atoms with van der Waals surface area (Å²) in [6.07, 6.45) is 3.08. The molecule has 4 rings (SSSR count). The molecular formula is C23H24N4O2. The van der Waals surface area contributed by atoms with Crippen molar-refractivity contribution in [3.8, 4) is 5.69 Å². The van der Waals surface area contributed by atoms with Gasteiger partial charge in [-0.25, -0.2) is 0 Å². The van der Waals surface area contributed by atoms with Gasteiger partial charge in [0.15, 0.2) is 0 Å². The number of nitrogens with one attached hydrogen (secondary N) is 1. The number of hydrogen-bond acceptors (Lipinski definition) is 4. The number of benzene rings is 2. The SMILES string of the molecule is O=C(NCCc1ccccc1)c1ccc(-n2nc(N3CCCC3)ccc2=O)cc1. The van der Waals surface area contributed by atoms with Crippen LogP contribution < -0.4 is 15.8 Å². The predicted octanol–water partition coefficient (Wildman–Crippen LogP) is 2.81. The van der Waals surface area contributed by atoms with Crippen LogP contribution >= 0.6 is 0 Å². The van der Waals surface area contributed by atoms with Crippen LogP contribution in [0.3, 0.4) is 0 Å². The van der Waals surface area contributed by atoms with Crippen LogP contribution in [-0.2, 0) is 6.42 Å². The van der Waals surface area contributed by atoms with Crippen molar-refractivity contribution in [1.29, 1.82) is 0 Å². The molecule has 0 aliphatic carbocycles. The Balaban J connectivity index is 1.43. The highest BCUT2D eigenvalue weighted by atomic mass is 16.1. The maximum absolute atomic E-state index is 12.4. The summed E-state index contributed by atoms with van der Waals surface area (Å²) in [6.45, 7) is 2.50. The summed E-state index contributed by atoms with van der Waals surface area (Å²) in [7, 11) is 0. The molecule has 1 N–H and O–H groups in total. The Kier molecular flexibility index (Phi) is 5.70. The normalized spacial score (nSPS) is 13.4. The van der Waals surface area contributed by atoms with Gasteiger partial charge in [0.25, 0.3) is 11.5 Å². The Morgan fingerprint density at radius 1 is 0.931 bits per heavy atom. The Morgan fingerprint density at radius 3 is 2.38 bits per heavy atom. The van der Waals surface area contributed by atoms with E-state index < -0.39 is 0 Å². The molecule has 148 valence electrons. The lowest BCUT2D eigenvalue weighted by atomic mass is 10.1. The predicted molar refractivity (Wildman–Crippen MR) is 114 cm³/mol. The van der Waals surface area contributed by atoms with E-state index in [4.69, 9.17) is 0 Å². The maximum atomic E-state index is 12.4. The van der Waals surface area contributed by atoms with E-state index in [0.717, 1.165) is 38.2 Å². The largest absolute Gasteiger partial charge is 0.355 e. The van der Waals surface area contributed by atoms with E-state index in [0.29, 0.717) is 17.8 Å². The number of carbonyl (C=O) groups is 1. The third kappa shape index (κ3) is 4.54. The van der Waals surface area contributed by atoms with Crippen LogP contribution in [0.4, 0.5) is 5.82 Å². The van der Waals surface area contributed by atoms with Crippen molar-refractivity contribution >= 4 is 11.7 Å². The highest BCUT2D eigenvalue weighted by Gasteiger charge is 2.15. The molecule has 1 aliphatic rings. The van der Waals surface area contributed by atoms with Gasteiger partial charge in [0, 0.05) is 31.3 Å². The lowest BCUT2D eigenvalue weighted by Gasteiger charge is -2.17. The second kappa shape index (κ2) is 8.73. The number of amides is 1. The van der Waals surface area contributed by atoms with Crippen molar-refractivity contribution in [1.82, 2.24) is 15.1 Å². The summed E-state index contributed by atoms with van der Waals surface area (Å²) < 4.78 is 1.39.